The van der Waals surface area contributed by atoms with E-state index in [4.69, 9.17) is 9.84 Å². The van der Waals surface area contributed by atoms with Gasteiger partial charge in [0.2, 0.25) is 0 Å². The van der Waals surface area contributed by atoms with E-state index < -0.39 is 5.97 Å². The fourth-order valence-corrected chi connectivity index (χ4v) is 2.93. The molecule has 1 saturated heterocycles. The van der Waals surface area contributed by atoms with Gasteiger partial charge in [-0.1, -0.05) is 36.4 Å². The van der Waals surface area contributed by atoms with Crippen molar-refractivity contribution in [2.24, 2.45) is 0 Å². The molecule has 0 bridgehead atoms. The molecular formula is C17H19NO3. The predicted octanol–water partition coefficient (Wildman–Crippen LogP) is 2.52. The maximum Gasteiger partial charge on any atom is 0.329 e. The lowest BCUT2D eigenvalue weighted by Gasteiger charge is -2.47. The van der Waals surface area contributed by atoms with Crippen molar-refractivity contribution < 1.29 is 14.6 Å². The lowest BCUT2D eigenvalue weighted by Crippen LogP contribution is -2.61. The van der Waals surface area contributed by atoms with Crippen molar-refractivity contribution in [2.45, 2.75) is 19.1 Å². The third kappa shape index (κ3) is 3.23. The predicted molar refractivity (Wildman–Crippen MR) is 81.2 cm³/mol. The van der Waals surface area contributed by atoms with E-state index >= 15 is 0 Å². The first-order valence-corrected chi connectivity index (χ1v) is 7.10. The third-order valence-electron chi connectivity index (χ3n) is 3.88. The monoisotopic (exact) mass is 285 g/mol. The summed E-state index contributed by atoms with van der Waals surface area (Å²) >= 11 is 0. The number of carbonyl (C=O) groups is 1. The van der Waals surface area contributed by atoms with Gasteiger partial charge in [0.1, 0.15) is 6.61 Å². The van der Waals surface area contributed by atoms with Crippen LogP contribution in [-0.2, 0) is 16.1 Å². The maximum absolute atomic E-state index is 10.5. The molecule has 1 heterocycles. The van der Waals surface area contributed by atoms with Crippen LogP contribution >= 0.6 is 0 Å². The Morgan fingerprint density at radius 3 is 2.67 bits per heavy atom. The van der Waals surface area contributed by atoms with Crippen molar-refractivity contribution >= 4 is 16.7 Å². The summed E-state index contributed by atoms with van der Waals surface area (Å²) in [6.07, 6.45) is 0. The Morgan fingerprint density at radius 2 is 1.95 bits per heavy atom. The average molecular weight is 285 g/mol. The van der Waals surface area contributed by atoms with E-state index in [-0.39, 0.29) is 12.2 Å². The number of aliphatic carboxylic acids is 1. The summed E-state index contributed by atoms with van der Waals surface area (Å²) in [5.74, 6) is -0.913. The van der Waals surface area contributed by atoms with Gasteiger partial charge in [-0.3, -0.25) is 4.90 Å². The van der Waals surface area contributed by atoms with E-state index in [1.165, 1.54) is 16.3 Å². The molecule has 0 atom stereocenters. The number of carboxylic acid groups (broad SMARTS) is 1. The zero-order valence-electron chi connectivity index (χ0n) is 12.1. The van der Waals surface area contributed by atoms with Crippen molar-refractivity contribution in [3.05, 3.63) is 48.0 Å². The van der Waals surface area contributed by atoms with Crippen molar-refractivity contribution in [1.29, 1.82) is 0 Å². The number of ether oxygens (including phenoxy) is 1. The quantitative estimate of drug-likeness (QED) is 0.917. The Morgan fingerprint density at radius 1 is 1.24 bits per heavy atom. The van der Waals surface area contributed by atoms with E-state index in [1.54, 1.807) is 0 Å². The van der Waals surface area contributed by atoms with E-state index in [1.807, 2.05) is 19.1 Å². The van der Waals surface area contributed by atoms with Crippen LogP contribution < -0.4 is 0 Å². The summed E-state index contributed by atoms with van der Waals surface area (Å²) in [7, 11) is 0. The Bertz CT molecular complexity index is 662. The summed E-state index contributed by atoms with van der Waals surface area (Å²) in [5, 5.41) is 11.2. The molecular weight excluding hydrogens is 266 g/mol. The number of hydrogen-bond donors (Lipinski definition) is 1. The van der Waals surface area contributed by atoms with E-state index in [2.05, 4.69) is 35.2 Å². The van der Waals surface area contributed by atoms with Gasteiger partial charge in [-0.05, 0) is 29.3 Å². The minimum atomic E-state index is -0.913. The zero-order valence-corrected chi connectivity index (χ0v) is 12.1. The number of rotatable bonds is 5. The number of nitrogens with zero attached hydrogens (tertiary/aromatic N) is 1. The Balaban J connectivity index is 1.59. The van der Waals surface area contributed by atoms with E-state index in [0.29, 0.717) is 0 Å². The standard InChI is InChI=1S/C17H19NO3/c1-17(21-10-16(19)20)11-18(12-17)9-13-6-7-14-4-2-3-5-15(14)8-13/h2-8H,9-12H2,1H3,(H,19,20). The SMILES string of the molecule is CC1(OCC(=O)O)CN(Cc2ccc3ccccc3c2)C1. The molecule has 0 saturated carbocycles. The average Bonchev–Trinajstić information content (AvgIpc) is 2.43. The molecule has 0 aromatic heterocycles. The highest BCUT2D eigenvalue weighted by Gasteiger charge is 2.39. The Labute approximate surface area is 123 Å². The summed E-state index contributed by atoms with van der Waals surface area (Å²) in [5.41, 5.74) is 0.948. The van der Waals surface area contributed by atoms with Crippen LogP contribution in [0, 0.1) is 0 Å². The van der Waals surface area contributed by atoms with Crippen molar-refractivity contribution in [3.63, 3.8) is 0 Å². The Kier molecular flexibility index (Phi) is 3.66. The topological polar surface area (TPSA) is 49.8 Å². The molecule has 1 aliphatic heterocycles. The van der Waals surface area contributed by atoms with Crippen LogP contribution in [-0.4, -0.2) is 41.3 Å². The molecule has 2 aromatic rings. The highest BCUT2D eigenvalue weighted by molar-refractivity contribution is 5.82. The van der Waals surface area contributed by atoms with Gasteiger partial charge in [0.05, 0.1) is 5.60 Å². The molecule has 3 rings (SSSR count). The molecule has 4 nitrogen and oxygen atoms in total. The molecule has 1 aliphatic rings. The minimum Gasteiger partial charge on any atom is -0.480 e. The molecule has 2 aromatic carbocycles. The highest BCUT2D eigenvalue weighted by Crippen LogP contribution is 2.27. The van der Waals surface area contributed by atoms with E-state index in [9.17, 15) is 4.79 Å². The number of carboxylic acids is 1. The van der Waals surface area contributed by atoms with Crippen LogP contribution in [0.1, 0.15) is 12.5 Å². The minimum absolute atomic E-state index is 0.222. The summed E-state index contributed by atoms with van der Waals surface area (Å²) in [6, 6.07) is 14.8. The molecule has 4 heteroatoms. The lowest BCUT2D eigenvalue weighted by atomic mass is 9.95. The van der Waals surface area contributed by atoms with Gasteiger partial charge in [0.25, 0.3) is 0 Å². The molecule has 1 fully saturated rings. The molecule has 0 amide bonds. The number of hydrogen-bond acceptors (Lipinski definition) is 3. The molecule has 110 valence electrons. The first kappa shape index (κ1) is 14.0. The van der Waals surface area contributed by atoms with Crippen molar-refractivity contribution in [1.82, 2.24) is 4.90 Å². The van der Waals surface area contributed by atoms with Gasteiger partial charge in [0, 0.05) is 19.6 Å². The second-order valence-corrected chi connectivity index (χ2v) is 5.96. The van der Waals surface area contributed by atoms with Gasteiger partial charge in [-0.15, -0.1) is 0 Å². The van der Waals surface area contributed by atoms with Crippen molar-refractivity contribution in [2.75, 3.05) is 19.7 Å². The molecule has 1 N–H and O–H groups in total. The molecule has 21 heavy (non-hydrogen) atoms. The second kappa shape index (κ2) is 5.47. The summed E-state index contributed by atoms with van der Waals surface area (Å²) < 4.78 is 5.42. The normalized spacial score (nSPS) is 17.6. The lowest BCUT2D eigenvalue weighted by molar-refractivity contribution is -0.165. The van der Waals surface area contributed by atoms with Gasteiger partial charge >= 0.3 is 5.97 Å². The number of likely N-dealkylation sites (tertiary alicyclic amines) is 1. The van der Waals surface area contributed by atoms with Crippen LogP contribution in [0.5, 0.6) is 0 Å². The molecule has 0 aliphatic carbocycles. The maximum atomic E-state index is 10.5. The fraction of sp³-hybridized carbons (Fsp3) is 0.353. The number of benzene rings is 2. The van der Waals surface area contributed by atoms with Crippen molar-refractivity contribution in [3.8, 4) is 0 Å². The van der Waals surface area contributed by atoms with Crippen LogP contribution in [0.4, 0.5) is 0 Å². The molecule has 0 radical (unpaired) electrons. The Hall–Kier alpha value is -1.91. The zero-order chi connectivity index (χ0) is 14.9. The largest absolute Gasteiger partial charge is 0.480 e. The highest BCUT2D eigenvalue weighted by atomic mass is 16.5. The number of fused-ring (bicyclic) bond motifs is 1. The summed E-state index contributed by atoms with van der Waals surface area (Å²) in [4.78, 5) is 12.8. The van der Waals surface area contributed by atoms with Crippen LogP contribution in [0.25, 0.3) is 10.8 Å². The van der Waals surface area contributed by atoms with Crippen LogP contribution in [0.2, 0.25) is 0 Å². The smallest absolute Gasteiger partial charge is 0.329 e. The van der Waals surface area contributed by atoms with Gasteiger partial charge in [0.15, 0.2) is 0 Å². The third-order valence-corrected chi connectivity index (χ3v) is 3.88. The van der Waals surface area contributed by atoms with Crippen LogP contribution in [0.3, 0.4) is 0 Å². The molecule has 0 spiro atoms. The van der Waals surface area contributed by atoms with Crippen LogP contribution in [0.15, 0.2) is 42.5 Å². The second-order valence-electron chi connectivity index (χ2n) is 5.96. The van der Waals surface area contributed by atoms with Gasteiger partial charge in [-0.25, -0.2) is 4.79 Å². The van der Waals surface area contributed by atoms with E-state index in [0.717, 1.165) is 19.6 Å². The first-order chi connectivity index (χ1) is 10.0. The van der Waals surface area contributed by atoms with Gasteiger partial charge in [-0.2, -0.15) is 0 Å². The first-order valence-electron chi connectivity index (χ1n) is 7.10. The fourth-order valence-electron chi connectivity index (χ4n) is 2.93. The molecule has 0 unspecified atom stereocenters. The summed E-state index contributed by atoms with van der Waals surface area (Å²) in [6.45, 7) is 4.16. The van der Waals surface area contributed by atoms with Gasteiger partial charge < -0.3 is 9.84 Å².